The number of hydrogen-bond acceptors (Lipinski definition) is 3. The van der Waals surface area contributed by atoms with E-state index in [-0.39, 0.29) is 11.3 Å². The number of benzene rings is 1. The van der Waals surface area contributed by atoms with Crippen molar-refractivity contribution in [3.8, 4) is 6.07 Å². The Morgan fingerprint density at radius 2 is 2.26 bits per heavy atom. The van der Waals surface area contributed by atoms with E-state index in [0.717, 1.165) is 19.3 Å². The van der Waals surface area contributed by atoms with Gasteiger partial charge in [0.05, 0.1) is 11.3 Å². The molecule has 0 atom stereocenters. The Kier molecular flexibility index (Phi) is 4.08. The Labute approximate surface area is 117 Å². The van der Waals surface area contributed by atoms with E-state index in [9.17, 15) is 4.79 Å². The molecule has 100 valence electrons. The highest BCUT2D eigenvalue weighted by atomic mass is 35.5. The molecule has 1 amide bonds. The number of nitrogens with two attached hydrogens (primary N) is 1. The van der Waals surface area contributed by atoms with E-state index in [2.05, 4.69) is 5.32 Å². The second kappa shape index (κ2) is 5.60. The first-order chi connectivity index (χ1) is 9.08. The van der Waals surface area contributed by atoms with Crippen LogP contribution < -0.4 is 11.1 Å². The fourth-order valence-corrected chi connectivity index (χ4v) is 2.55. The van der Waals surface area contributed by atoms with Gasteiger partial charge < -0.3 is 11.1 Å². The minimum atomic E-state index is -0.107. The third-order valence-corrected chi connectivity index (χ3v) is 3.99. The third kappa shape index (κ3) is 3.06. The lowest BCUT2D eigenvalue weighted by Gasteiger charge is -2.40. The topological polar surface area (TPSA) is 78.9 Å². The number of nitrogens with one attached hydrogen (secondary N) is 1. The molecule has 1 aliphatic rings. The van der Waals surface area contributed by atoms with Crippen molar-refractivity contribution in [1.82, 2.24) is 0 Å². The van der Waals surface area contributed by atoms with Gasteiger partial charge in [-0.2, -0.15) is 5.26 Å². The van der Waals surface area contributed by atoms with Gasteiger partial charge in [0.2, 0.25) is 5.91 Å². The van der Waals surface area contributed by atoms with Crippen molar-refractivity contribution in [3.63, 3.8) is 0 Å². The predicted octanol–water partition coefficient (Wildman–Crippen LogP) is 2.67. The van der Waals surface area contributed by atoms with E-state index in [1.165, 1.54) is 0 Å². The minimum absolute atomic E-state index is 0.0462. The predicted molar refractivity (Wildman–Crippen MR) is 74.8 cm³/mol. The summed E-state index contributed by atoms with van der Waals surface area (Å²) in [6, 6.07) is 6.85. The summed E-state index contributed by atoms with van der Waals surface area (Å²) in [5.41, 5.74) is 6.57. The smallest absolute Gasteiger partial charge is 0.225 e. The monoisotopic (exact) mass is 277 g/mol. The third-order valence-electron chi connectivity index (χ3n) is 3.76. The summed E-state index contributed by atoms with van der Waals surface area (Å²) in [5.74, 6) is -0.107. The summed E-state index contributed by atoms with van der Waals surface area (Å²) in [6.45, 7) is 0.529. The maximum absolute atomic E-state index is 12.0. The van der Waals surface area contributed by atoms with Gasteiger partial charge in [0.1, 0.15) is 6.07 Å². The van der Waals surface area contributed by atoms with E-state index in [0.29, 0.717) is 29.2 Å². The number of hydrogen-bond donors (Lipinski definition) is 2. The number of carbonyl (C=O) groups is 1. The standard InChI is InChI=1S/C14H16ClN3O/c15-11-3-2-10(8-16)12(6-11)18-13(19)7-14(9-17)4-1-5-14/h2-3,6H,1,4-5,7,9,17H2,(H,18,19). The molecule has 4 nitrogen and oxygen atoms in total. The first-order valence-electron chi connectivity index (χ1n) is 6.28. The molecule has 1 saturated carbocycles. The molecule has 0 saturated heterocycles. The molecule has 19 heavy (non-hydrogen) atoms. The summed E-state index contributed by atoms with van der Waals surface area (Å²) in [6.07, 6.45) is 3.53. The van der Waals surface area contributed by atoms with Gasteiger partial charge >= 0.3 is 0 Å². The zero-order chi connectivity index (χ0) is 13.9. The van der Waals surface area contributed by atoms with Crippen molar-refractivity contribution in [3.05, 3.63) is 28.8 Å². The van der Waals surface area contributed by atoms with Gasteiger partial charge in [-0.1, -0.05) is 18.0 Å². The number of nitrogens with zero attached hydrogens (tertiary/aromatic N) is 1. The zero-order valence-corrected chi connectivity index (χ0v) is 11.3. The van der Waals surface area contributed by atoms with Gasteiger partial charge in [0.15, 0.2) is 0 Å². The first-order valence-corrected chi connectivity index (χ1v) is 6.66. The fourth-order valence-electron chi connectivity index (χ4n) is 2.38. The molecule has 1 aromatic rings. The van der Waals surface area contributed by atoms with Crippen LogP contribution in [0.25, 0.3) is 0 Å². The molecule has 5 heteroatoms. The molecule has 0 bridgehead atoms. The van der Waals surface area contributed by atoms with Gasteiger partial charge in [-0.3, -0.25) is 4.79 Å². The Morgan fingerprint density at radius 1 is 1.53 bits per heavy atom. The lowest BCUT2D eigenvalue weighted by atomic mass is 9.66. The van der Waals surface area contributed by atoms with E-state index in [4.69, 9.17) is 22.6 Å². The minimum Gasteiger partial charge on any atom is -0.330 e. The van der Waals surface area contributed by atoms with Crippen molar-refractivity contribution >= 4 is 23.2 Å². The Hall–Kier alpha value is -1.57. The van der Waals surface area contributed by atoms with Crippen LogP contribution in [0.4, 0.5) is 5.69 Å². The molecule has 0 heterocycles. The Balaban J connectivity index is 2.07. The van der Waals surface area contributed by atoms with Crippen molar-refractivity contribution in [1.29, 1.82) is 5.26 Å². The first kappa shape index (κ1) is 13.9. The summed E-state index contributed by atoms with van der Waals surface area (Å²) in [5, 5.41) is 12.2. The average Bonchev–Trinajstić information content (AvgIpc) is 2.34. The second-order valence-corrected chi connectivity index (χ2v) is 5.52. The number of nitriles is 1. The number of halogens is 1. The zero-order valence-electron chi connectivity index (χ0n) is 10.6. The fraction of sp³-hybridized carbons (Fsp3) is 0.429. The van der Waals surface area contributed by atoms with Crippen LogP contribution in [-0.4, -0.2) is 12.5 Å². The molecule has 0 unspecified atom stereocenters. The largest absolute Gasteiger partial charge is 0.330 e. The van der Waals surface area contributed by atoms with Crippen molar-refractivity contribution in [2.45, 2.75) is 25.7 Å². The lowest BCUT2D eigenvalue weighted by molar-refractivity contribution is -0.119. The van der Waals surface area contributed by atoms with Gasteiger partial charge in [-0.05, 0) is 43.0 Å². The van der Waals surface area contributed by atoms with E-state index in [1.807, 2.05) is 6.07 Å². The molecule has 0 aromatic heterocycles. The van der Waals surface area contributed by atoms with E-state index < -0.39 is 0 Å². The van der Waals surface area contributed by atoms with Crippen molar-refractivity contribution < 1.29 is 4.79 Å². The molecule has 1 aliphatic carbocycles. The Bertz CT molecular complexity index is 526. The highest BCUT2D eigenvalue weighted by molar-refractivity contribution is 6.31. The quantitative estimate of drug-likeness (QED) is 0.888. The van der Waals surface area contributed by atoms with Crippen LogP contribution in [0.5, 0.6) is 0 Å². The number of rotatable bonds is 4. The lowest BCUT2D eigenvalue weighted by Crippen LogP contribution is -2.40. The molecule has 0 aliphatic heterocycles. The molecular formula is C14H16ClN3O. The van der Waals surface area contributed by atoms with Gasteiger partial charge in [-0.25, -0.2) is 0 Å². The molecular weight excluding hydrogens is 262 g/mol. The van der Waals surface area contributed by atoms with Crippen LogP contribution in [0, 0.1) is 16.7 Å². The van der Waals surface area contributed by atoms with Gasteiger partial charge in [0.25, 0.3) is 0 Å². The number of amides is 1. The molecule has 1 aromatic carbocycles. The molecule has 0 radical (unpaired) electrons. The molecule has 1 fully saturated rings. The van der Waals surface area contributed by atoms with Crippen molar-refractivity contribution in [2.75, 3.05) is 11.9 Å². The normalized spacial score (nSPS) is 16.3. The van der Waals surface area contributed by atoms with Gasteiger partial charge in [0, 0.05) is 11.4 Å². The van der Waals surface area contributed by atoms with E-state index in [1.54, 1.807) is 18.2 Å². The summed E-state index contributed by atoms with van der Waals surface area (Å²) in [4.78, 5) is 12.0. The number of carbonyl (C=O) groups excluding carboxylic acids is 1. The summed E-state index contributed by atoms with van der Waals surface area (Å²) < 4.78 is 0. The van der Waals surface area contributed by atoms with Crippen LogP contribution in [0.1, 0.15) is 31.2 Å². The second-order valence-electron chi connectivity index (χ2n) is 5.08. The number of anilines is 1. The highest BCUT2D eigenvalue weighted by Gasteiger charge is 2.37. The molecule has 0 spiro atoms. The van der Waals surface area contributed by atoms with Crippen LogP contribution in [0.3, 0.4) is 0 Å². The maximum Gasteiger partial charge on any atom is 0.225 e. The van der Waals surface area contributed by atoms with Crippen LogP contribution in [0.15, 0.2) is 18.2 Å². The highest BCUT2D eigenvalue weighted by Crippen LogP contribution is 2.43. The van der Waals surface area contributed by atoms with Crippen LogP contribution in [-0.2, 0) is 4.79 Å². The Morgan fingerprint density at radius 3 is 2.79 bits per heavy atom. The van der Waals surface area contributed by atoms with E-state index >= 15 is 0 Å². The van der Waals surface area contributed by atoms with Crippen LogP contribution in [0.2, 0.25) is 5.02 Å². The van der Waals surface area contributed by atoms with Crippen molar-refractivity contribution in [2.24, 2.45) is 11.1 Å². The molecule has 2 rings (SSSR count). The average molecular weight is 278 g/mol. The maximum atomic E-state index is 12.0. The van der Waals surface area contributed by atoms with Crippen LogP contribution >= 0.6 is 11.6 Å². The summed E-state index contributed by atoms with van der Waals surface area (Å²) in [7, 11) is 0. The van der Waals surface area contributed by atoms with Gasteiger partial charge in [-0.15, -0.1) is 0 Å². The molecule has 3 N–H and O–H groups in total. The summed E-state index contributed by atoms with van der Waals surface area (Å²) >= 11 is 5.88. The SMILES string of the molecule is N#Cc1ccc(Cl)cc1NC(=O)CC1(CN)CCC1.